The zero-order valence-corrected chi connectivity index (χ0v) is 20.2. The molecule has 0 fully saturated rings. The second-order valence-electron chi connectivity index (χ2n) is 7.82. The lowest BCUT2D eigenvalue weighted by Gasteiger charge is -2.37. The topological polar surface area (TPSA) is 81.7 Å². The molecule has 3 atom stereocenters. The number of carbonyl (C=O) groups is 3. The summed E-state index contributed by atoms with van der Waals surface area (Å²) in [4.78, 5) is 41.1. The first-order chi connectivity index (χ1) is 14.8. The van der Waals surface area contributed by atoms with Gasteiger partial charge in [-0.3, -0.25) is 9.59 Å². The van der Waals surface area contributed by atoms with E-state index in [2.05, 4.69) is 12.2 Å². The number of thiophene rings is 1. The molecule has 2 aliphatic rings. The Bertz CT molecular complexity index is 946. The molecule has 0 radical (unpaired) electrons. The van der Waals surface area contributed by atoms with Crippen LogP contribution < -0.4 is 5.32 Å². The Morgan fingerprint density at radius 2 is 2.03 bits per heavy atom. The van der Waals surface area contributed by atoms with Gasteiger partial charge in [0, 0.05) is 32.5 Å². The van der Waals surface area contributed by atoms with Gasteiger partial charge in [-0.25, -0.2) is 4.79 Å². The fraction of sp³-hybridized carbons (Fsp3) is 0.522. The number of hydrogen-bond acceptors (Lipinski definition) is 8. The van der Waals surface area contributed by atoms with Gasteiger partial charge in [0.2, 0.25) is 0 Å². The van der Waals surface area contributed by atoms with Gasteiger partial charge in [0.25, 0.3) is 0 Å². The second-order valence-corrected chi connectivity index (χ2v) is 10.5. The maximum Gasteiger partial charge on any atom is 0.336 e. The number of ether oxygens (including phenoxy) is 2. The molecular formula is C23H29NO5S2. The van der Waals surface area contributed by atoms with Crippen molar-refractivity contribution in [3.05, 3.63) is 44.4 Å². The van der Waals surface area contributed by atoms with Crippen molar-refractivity contribution in [2.24, 2.45) is 11.8 Å². The van der Waals surface area contributed by atoms with Crippen LogP contribution in [0.4, 0.5) is 0 Å². The molecule has 0 unspecified atom stereocenters. The number of rotatable bonds is 7. The summed E-state index contributed by atoms with van der Waals surface area (Å²) in [6, 6.07) is 3.93. The maximum atomic E-state index is 13.6. The van der Waals surface area contributed by atoms with E-state index in [0.717, 1.165) is 27.0 Å². The van der Waals surface area contributed by atoms with Crippen LogP contribution in [0.5, 0.6) is 0 Å². The van der Waals surface area contributed by atoms with Crippen LogP contribution in [0.15, 0.2) is 34.7 Å². The van der Waals surface area contributed by atoms with E-state index in [1.54, 1.807) is 23.1 Å². The molecular weight excluding hydrogens is 434 g/mol. The van der Waals surface area contributed by atoms with Crippen molar-refractivity contribution in [2.75, 3.05) is 25.2 Å². The number of nitrogens with one attached hydrogen (secondary N) is 1. The molecule has 1 aliphatic carbocycles. The van der Waals surface area contributed by atoms with Gasteiger partial charge in [-0.15, -0.1) is 11.3 Å². The maximum absolute atomic E-state index is 13.6. The molecule has 1 aromatic rings. The number of esters is 2. The van der Waals surface area contributed by atoms with E-state index in [9.17, 15) is 14.4 Å². The number of dihydropyridines is 1. The number of carbonyl (C=O) groups excluding carboxylic acids is 3. The van der Waals surface area contributed by atoms with E-state index in [4.69, 9.17) is 9.47 Å². The van der Waals surface area contributed by atoms with E-state index >= 15 is 0 Å². The normalized spacial score (nSPS) is 23.4. The van der Waals surface area contributed by atoms with Gasteiger partial charge < -0.3 is 14.8 Å². The second kappa shape index (κ2) is 10.0. The SMILES string of the molecule is CCSCCOC(=O)C1=C(C)NC2=C(C(=O)[C@H](C(=O)OC)[C@H](C)C2)[C@@H]1c1ccc(C)s1. The highest BCUT2D eigenvalue weighted by Crippen LogP contribution is 2.46. The molecule has 31 heavy (non-hydrogen) atoms. The summed E-state index contributed by atoms with van der Waals surface area (Å²) in [5.41, 5.74) is 2.40. The van der Waals surface area contributed by atoms with Gasteiger partial charge in [-0.05, 0) is 44.1 Å². The van der Waals surface area contributed by atoms with Crippen LogP contribution in [-0.2, 0) is 23.9 Å². The first-order valence-corrected chi connectivity index (χ1v) is 12.4. The summed E-state index contributed by atoms with van der Waals surface area (Å²) in [6.45, 7) is 8.08. The molecule has 0 saturated carbocycles. The Labute approximate surface area is 191 Å². The molecule has 0 amide bonds. The lowest BCUT2D eigenvalue weighted by Crippen LogP contribution is -2.43. The van der Waals surface area contributed by atoms with Crippen LogP contribution in [0.3, 0.4) is 0 Å². The van der Waals surface area contributed by atoms with Crippen LogP contribution >= 0.6 is 23.1 Å². The lowest BCUT2D eigenvalue weighted by molar-refractivity contribution is -0.151. The highest BCUT2D eigenvalue weighted by molar-refractivity contribution is 7.99. The molecule has 8 heteroatoms. The van der Waals surface area contributed by atoms with Gasteiger partial charge in [0.05, 0.1) is 18.6 Å². The third-order valence-electron chi connectivity index (χ3n) is 5.67. The molecule has 2 heterocycles. The standard InChI is InChI=1S/C23H29NO5S2/c1-6-30-10-9-29-23(27)18-14(4)24-15-11-12(2)17(22(26)28-5)21(25)19(15)20(18)16-8-7-13(3)31-16/h7-8,12,17,20,24H,6,9-11H2,1-5H3/t12-,17-,20-/m1/s1. The summed E-state index contributed by atoms with van der Waals surface area (Å²) in [6.07, 6.45) is 0.536. The molecule has 1 aromatic heterocycles. The minimum Gasteiger partial charge on any atom is -0.468 e. The highest BCUT2D eigenvalue weighted by atomic mass is 32.2. The summed E-state index contributed by atoms with van der Waals surface area (Å²) in [5.74, 6) is -1.16. The van der Waals surface area contributed by atoms with Crippen LogP contribution in [0, 0.1) is 18.8 Å². The third-order valence-corrected chi connectivity index (χ3v) is 7.60. The molecule has 0 saturated heterocycles. The summed E-state index contributed by atoms with van der Waals surface area (Å²) >= 11 is 3.25. The van der Waals surface area contributed by atoms with E-state index in [1.807, 2.05) is 32.9 Å². The number of thioether (sulfide) groups is 1. The van der Waals surface area contributed by atoms with Gasteiger partial charge >= 0.3 is 11.9 Å². The van der Waals surface area contributed by atoms with Crippen LogP contribution in [-0.4, -0.2) is 42.9 Å². The van der Waals surface area contributed by atoms with E-state index in [1.165, 1.54) is 7.11 Å². The van der Waals surface area contributed by atoms with E-state index in [0.29, 0.717) is 29.9 Å². The first kappa shape index (κ1) is 23.6. The first-order valence-electron chi connectivity index (χ1n) is 10.4. The zero-order chi connectivity index (χ0) is 22.7. The van der Waals surface area contributed by atoms with Crippen molar-refractivity contribution in [2.45, 2.75) is 40.0 Å². The predicted molar refractivity (Wildman–Crippen MR) is 123 cm³/mol. The van der Waals surface area contributed by atoms with Crippen molar-refractivity contribution in [3.63, 3.8) is 0 Å². The van der Waals surface area contributed by atoms with Gasteiger partial charge in [-0.1, -0.05) is 13.8 Å². The van der Waals surface area contributed by atoms with Crippen molar-refractivity contribution >= 4 is 40.8 Å². The number of methoxy groups -OCH3 is 1. The van der Waals surface area contributed by atoms with Crippen LogP contribution in [0.1, 0.15) is 42.9 Å². The Morgan fingerprint density at radius 1 is 1.29 bits per heavy atom. The minimum atomic E-state index is -0.870. The number of aryl methyl sites for hydroxylation is 1. The smallest absolute Gasteiger partial charge is 0.336 e. The molecule has 0 bridgehead atoms. The Hall–Kier alpha value is -2.06. The summed E-state index contributed by atoms with van der Waals surface area (Å²) in [7, 11) is 1.30. The predicted octanol–water partition coefficient (Wildman–Crippen LogP) is 3.97. The number of hydrogen-bond donors (Lipinski definition) is 1. The molecule has 0 spiro atoms. The lowest BCUT2D eigenvalue weighted by atomic mass is 9.70. The quantitative estimate of drug-likeness (QED) is 0.372. The van der Waals surface area contributed by atoms with Gasteiger partial charge in [0.15, 0.2) is 5.78 Å². The Balaban J connectivity index is 2.03. The molecule has 3 rings (SSSR count). The van der Waals surface area contributed by atoms with Gasteiger partial charge in [0.1, 0.15) is 12.5 Å². The van der Waals surface area contributed by atoms with Crippen LogP contribution in [0.2, 0.25) is 0 Å². The molecule has 1 N–H and O–H groups in total. The van der Waals surface area contributed by atoms with Crippen molar-refractivity contribution in [1.29, 1.82) is 0 Å². The average molecular weight is 464 g/mol. The van der Waals surface area contributed by atoms with E-state index in [-0.39, 0.29) is 11.7 Å². The molecule has 168 valence electrons. The number of allylic oxidation sites excluding steroid dienone is 3. The fourth-order valence-corrected chi connectivity index (χ4v) is 5.75. The van der Waals surface area contributed by atoms with Crippen LogP contribution in [0.25, 0.3) is 0 Å². The summed E-state index contributed by atoms with van der Waals surface area (Å²) in [5, 5.41) is 3.28. The number of ketones is 1. The van der Waals surface area contributed by atoms with Gasteiger partial charge in [-0.2, -0.15) is 11.8 Å². The third kappa shape index (κ3) is 4.75. The Kier molecular flexibility index (Phi) is 7.64. The molecule has 0 aromatic carbocycles. The molecule has 1 aliphatic heterocycles. The Morgan fingerprint density at radius 3 is 2.65 bits per heavy atom. The fourth-order valence-electron chi connectivity index (χ4n) is 4.26. The molecule has 6 nitrogen and oxygen atoms in total. The van der Waals surface area contributed by atoms with Crippen molar-refractivity contribution in [1.82, 2.24) is 5.32 Å². The van der Waals surface area contributed by atoms with Crippen molar-refractivity contribution in [3.8, 4) is 0 Å². The van der Waals surface area contributed by atoms with Crippen molar-refractivity contribution < 1.29 is 23.9 Å². The largest absolute Gasteiger partial charge is 0.468 e. The minimum absolute atomic E-state index is 0.190. The summed E-state index contributed by atoms with van der Waals surface area (Å²) < 4.78 is 10.5. The monoisotopic (exact) mass is 463 g/mol. The average Bonchev–Trinajstić information content (AvgIpc) is 3.15. The zero-order valence-electron chi connectivity index (χ0n) is 18.6. The highest BCUT2D eigenvalue weighted by Gasteiger charge is 2.47. The van der Waals surface area contributed by atoms with E-state index < -0.39 is 23.8 Å². The number of Topliss-reactive ketones (excluding diaryl/α,β-unsaturated/α-hetero) is 1.